The number of hydrogen-bond acceptors (Lipinski definition) is 3. The Balaban J connectivity index is 1.25. The molecule has 0 spiro atoms. The van der Waals surface area contributed by atoms with Gasteiger partial charge in [0.2, 0.25) is 5.91 Å². The molecule has 1 fully saturated rings. The van der Waals surface area contributed by atoms with E-state index in [4.69, 9.17) is 9.47 Å². The fourth-order valence-corrected chi connectivity index (χ4v) is 2.89. The predicted molar refractivity (Wildman–Crippen MR) is 96.6 cm³/mol. The second-order valence-corrected chi connectivity index (χ2v) is 6.49. The van der Waals surface area contributed by atoms with Gasteiger partial charge in [-0.25, -0.2) is 0 Å². The highest BCUT2D eigenvalue weighted by Crippen LogP contribution is 2.18. The van der Waals surface area contributed by atoms with Crippen LogP contribution in [0.15, 0.2) is 54.9 Å². The van der Waals surface area contributed by atoms with Gasteiger partial charge in [0.25, 0.3) is 0 Å². The number of likely N-dealkylation sites (tertiary alicyclic amines) is 1. The molecule has 5 nitrogen and oxygen atoms in total. The van der Waals surface area contributed by atoms with Gasteiger partial charge in [0.15, 0.2) is 0 Å². The van der Waals surface area contributed by atoms with Gasteiger partial charge in [-0.1, -0.05) is 18.2 Å². The van der Waals surface area contributed by atoms with Gasteiger partial charge in [0, 0.05) is 44.4 Å². The van der Waals surface area contributed by atoms with E-state index in [0.717, 1.165) is 12.2 Å². The molecule has 0 aliphatic carbocycles. The van der Waals surface area contributed by atoms with Gasteiger partial charge in [-0.3, -0.25) is 4.79 Å². The number of amides is 1. The van der Waals surface area contributed by atoms with Crippen LogP contribution < -0.4 is 4.74 Å². The van der Waals surface area contributed by atoms with Crippen LogP contribution in [-0.4, -0.2) is 47.8 Å². The molecule has 2 heterocycles. The first-order valence-corrected chi connectivity index (χ1v) is 8.92. The van der Waals surface area contributed by atoms with E-state index in [0.29, 0.717) is 32.7 Å². The number of para-hydroxylation sites is 1. The van der Waals surface area contributed by atoms with Crippen molar-refractivity contribution in [3.63, 3.8) is 0 Å². The van der Waals surface area contributed by atoms with E-state index in [9.17, 15) is 4.79 Å². The predicted octanol–water partition coefficient (Wildman–Crippen LogP) is 3.14. The summed E-state index contributed by atoms with van der Waals surface area (Å²) in [7, 11) is 0. The van der Waals surface area contributed by atoms with Crippen LogP contribution in [0.3, 0.4) is 0 Å². The molecule has 1 amide bonds. The topological polar surface area (TPSA) is 43.7 Å². The Hall–Kier alpha value is -2.27. The lowest BCUT2D eigenvalue weighted by atomic mass is 10.1. The number of nitrogens with zero attached hydrogens (tertiary/aromatic N) is 2. The number of carbonyl (C=O) groups excluding carboxylic acids is 1. The lowest BCUT2D eigenvalue weighted by Crippen LogP contribution is -2.55. The van der Waals surface area contributed by atoms with Crippen LogP contribution in [0.1, 0.15) is 25.8 Å². The van der Waals surface area contributed by atoms with Crippen molar-refractivity contribution in [2.75, 3.05) is 26.3 Å². The fraction of sp³-hybridized carbons (Fsp3) is 0.450. The highest BCUT2D eigenvalue weighted by molar-refractivity contribution is 5.77. The molecule has 2 aromatic rings. The molecule has 134 valence electrons. The van der Waals surface area contributed by atoms with Gasteiger partial charge in [-0.05, 0) is 31.2 Å². The van der Waals surface area contributed by atoms with E-state index in [2.05, 4.69) is 11.5 Å². The SMILES string of the molecule is CC(CC(=O)N1CC(OCCCOc2ccccc2)C1)n1cccc1. The third-order valence-electron chi connectivity index (χ3n) is 4.46. The molecule has 5 heteroatoms. The molecular weight excluding hydrogens is 316 g/mol. The van der Waals surface area contributed by atoms with Crippen molar-refractivity contribution in [3.05, 3.63) is 54.9 Å². The summed E-state index contributed by atoms with van der Waals surface area (Å²) in [5.74, 6) is 1.09. The van der Waals surface area contributed by atoms with Crippen LogP contribution in [0.2, 0.25) is 0 Å². The number of aromatic nitrogens is 1. The van der Waals surface area contributed by atoms with Crippen molar-refractivity contribution in [1.29, 1.82) is 0 Å². The molecule has 25 heavy (non-hydrogen) atoms. The van der Waals surface area contributed by atoms with E-state index in [1.807, 2.05) is 59.8 Å². The Kier molecular flexibility index (Phi) is 6.12. The summed E-state index contributed by atoms with van der Waals surface area (Å²) in [4.78, 5) is 14.1. The summed E-state index contributed by atoms with van der Waals surface area (Å²) in [6, 6.07) is 13.9. The minimum Gasteiger partial charge on any atom is -0.494 e. The first-order chi connectivity index (χ1) is 12.2. The first kappa shape index (κ1) is 17.5. The third-order valence-corrected chi connectivity index (χ3v) is 4.46. The lowest BCUT2D eigenvalue weighted by molar-refractivity contribution is -0.145. The Morgan fingerprint density at radius 1 is 1.12 bits per heavy atom. The van der Waals surface area contributed by atoms with E-state index in [-0.39, 0.29) is 18.1 Å². The Morgan fingerprint density at radius 2 is 1.84 bits per heavy atom. The first-order valence-electron chi connectivity index (χ1n) is 8.92. The van der Waals surface area contributed by atoms with E-state index < -0.39 is 0 Å². The van der Waals surface area contributed by atoms with E-state index >= 15 is 0 Å². The molecule has 1 aliphatic rings. The number of carbonyl (C=O) groups is 1. The summed E-state index contributed by atoms with van der Waals surface area (Å²) in [6.45, 7) is 4.79. The maximum absolute atomic E-state index is 12.2. The lowest BCUT2D eigenvalue weighted by Gasteiger charge is -2.39. The van der Waals surface area contributed by atoms with E-state index in [1.54, 1.807) is 0 Å². The Morgan fingerprint density at radius 3 is 2.56 bits per heavy atom. The Bertz CT molecular complexity index is 636. The molecule has 1 aromatic carbocycles. The van der Waals surface area contributed by atoms with E-state index in [1.165, 1.54) is 0 Å². The van der Waals surface area contributed by atoms with Gasteiger partial charge in [-0.2, -0.15) is 0 Å². The minimum absolute atomic E-state index is 0.169. The van der Waals surface area contributed by atoms with Crippen LogP contribution in [0, 0.1) is 0 Å². The highest BCUT2D eigenvalue weighted by atomic mass is 16.5. The molecule has 1 unspecified atom stereocenters. The zero-order valence-electron chi connectivity index (χ0n) is 14.7. The molecule has 0 radical (unpaired) electrons. The van der Waals surface area contributed by atoms with Crippen molar-refractivity contribution in [2.45, 2.75) is 31.9 Å². The van der Waals surface area contributed by atoms with Crippen molar-refractivity contribution >= 4 is 5.91 Å². The van der Waals surface area contributed by atoms with Crippen molar-refractivity contribution in [3.8, 4) is 5.75 Å². The number of hydrogen-bond donors (Lipinski definition) is 0. The summed E-state index contributed by atoms with van der Waals surface area (Å²) < 4.78 is 13.5. The molecule has 0 bridgehead atoms. The van der Waals surface area contributed by atoms with Gasteiger partial charge in [0.1, 0.15) is 5.75 Å². The second kappa shape index (κ2) is 8.72. The van der Waals surface area contributed by atoms with Gasteiger partial charge in [0.05, 0.1) is 19.3 Å². The maximum Gasteiger partial charge on any atom is 0.224 e. The summed E-state index contributed by atoms with van der Waals surface area (Å²) in [5, 5.41) is 0. The third kappa shape index (κ3) is 5.10. The van der Waals surface area contributed by atoms with Crippen molar-refractivity contribution in [1.82, 2.24) is 9.47 Å². The van der Waals surface area contributed by atoms with Crippen LogP contribution >= 0.6 is 0 Å². The monoisotopic (exact) mass is 342 g/mol. The van der Waals surface area contributed by atoms with Crippen LogP contribution in [0.25, 0.3) is 0 Å². The zero-order valence-corrected chi connectivity index (χ0v) is 14.7. The maximum atomic E-state index is 12.2. The summed E-state index contributed by atoms with van der Waals surface area (Å²) in [5.41, 5.74) is 0. The van der Waals surface area contributed by atoms with Crippen LogP contribution in [0.5, 0.6) is 5.75 Å². The van der Waals surface area contributed by atoms with Gasteiger partial charge < -0.3 is 18.9 Å². The molecule has 1 saturated heterocycles. The van der Waals surface area contributed by atoms with Crippen LogP contribution in [0.4, 0.5) is 0 Å². The van der Waals surface area contributed by atoms with Crippen LogP contribution in [-0.2, 0) is 9.53 Å². The quantitative estimate of drug-likeness (QED) is 0.658. The molecular formula is C20H26N2O3. The minimum atomic E-state index is 0.169. The number of rotatable bonds is 9. The van der Waals surface area contributed by atoms with Crippen molar-refractivity contribution in [2.24, 2.45) is 0 Å². The summed E-state index contributed by atoms with van der Waals surface area (Å²) >= 11 is 0. The smallest absolute Gasteiger partial charge is 0.224 e. The van der Waals surface area contributed by atoms with Gasteiger partial charge >= 0.3 is 0 Å². The molecule has 0 N–H and O–H groups in total. The Labute approximate surface area is 149 Å². The summed E-state index contributed by atoms with van der Waals surface area (Å²) in [6.07, 6.45) is 5.55. The fourth-order valence-electron chi connectivity index (χ4n) is 2.89. The standard InChI is InChI=1S/C20H26N2O3/c1-17(21-10-5-6-11-21)14-20(23)22-15-19(16-22)25-13-7-12-24-18-8-3-2-4-9-18/h2-6,8-11,17,19H,7,12-16H2,1H3. The molecule has 1 aromatic heterocycles. The average molecular weight is 342 g/mol. The molecule has 0 saturated carbocycles. The number of ether oxygens (including phenoxy) is 2. The highest BCUT2D eigenvalue weighted by Gasteiger charge is 2.31. The normalized spacial score (nSPS) is 15.6. The molecule has 1 atom stereocenters. The zero-order chi connectivity index (χ0) is 17.5. The largest absolute Gasteiger partial charge is 0.494 e. The molecule has 1 aliphatic heterocycles. The molecule has 3 rings (SSSR count). The number of benzene rings is 1. The van der Waals surface area contributed by atoms with Gasteiger partial charge in [-0.15, -0.1) is 0 Å². The van der Waals surface area contributed by atoms with Crippen molar-refractivity contribution < 1.29 is 14.3 Å². The average Bonchev–Trinajstić information content (AvgIpc) is 3.11. The second-order valence-electron chi connectivity index (χ2n) is 6.49.